The minimum absolute atomic E-state index is 0.160. The molecule has 2 rings (SSSR count). The third-order valence-electron chi connectivity index (χ3n) is 2.67. The Bertz CT molecular complexity index is 374. The molecular weight excluding hydrogens is 262 g/mol. The van der Waals surface area contributed by atoms with E-state index in [1.165, 1.54) is 0 Å². The van der Waals surface area contributed by atoms with Crippen LogP contribution in [0.1, 0.15) is 20.8 Å². The van der Waals surface area contributed by atoms with Crippen molar-refractivity contribution >= 4 is 29.4 Å². The number of hydrogen-bond donors (Lipinski definition) is 0. The Kier molecular flexibility index (Phi) is 6.65. The van der Waals surface area contributed by atoms with Gasteiger partial charge >= 0.3 is 0 Å². The molecule has 0 radical (unpaired) electrons. The summed E-state index contributed by atoms with van der Waals surface area (Å²) in [7, 11) is 0. The van der Waals surface area contributed by atoms with Gasteiger partial charge < -0.3 is 4.90 Å². The molecule has 2 nitrogen and oxygen atoms in total. The zero-order valence-electron chi connectivity index (χ0n) is 11.3. The third-order valence-corrected chi connectivity index (χ3v) is 5.36. The molecule has 0 spiro atoms. The lowest BCUT2D eigenvalue weighted by Gasteiger charge is -2.20. The average molecular weight is 283 g/mol. The van der Waals surface area contributed by atoms with Gasteiger partial charge in [-0.05, 0) is 13.0 Å². The summed E-state index contributed by atoms with van der Waals surface area (Å²) in [6.45, 7) is 10.5. The van der Waals surface area contributed by atoms with Crippen LogP contribution in [0.25, 0.3) is 0 Å². The van der Waals surface area contributed by atoms with E-state index in [0.29, 0.717) is 5.37 Å². The summed E-state index contributed by atoms with van der Waals surface area (Å²) < 4.78 is 0. The van der Waals surface area contributed by atoms with Gasteiger partial charge in [0.25, 0.3) is 5.91 Å². The van der Waals surface area contributed by atoms with Gasteiger partial charge in [0.1, 0.15) is 0 Å². The number of thioether (sulfide) groups is 2. The molecule has 0 N–H and O–H groups in total. The van der Waals surface area contributed by atoms with Gasteiger partial charge in [0.15, 0.2) is 0 Å². The molecule has 2 aliphatic rings. The Balaban J connectivity index is 0.000000771. The number of rotatable bonds is 1. The molecule has 0 bridgehead atoms. The van der Waals surface area contributed by atoms with E-state index in [1.54, 1.807) is 17.8 Å². The van der Waals surface area contributed by atoms with Crippen LogP contribution in [0.3, 0.4) is 0 Å². The maximum atomic E-state index is 12.3. The van der Waals surface area contributed by atoms with Gasteiger partial charge in [-0.2, -0.15) is 0 Å². The number of carbonyl (C=O) groups excluding carboxylic acids is 1. The summed E-state index contributed by atoms with van der Waals surface area (Å²) >= 11 is 3.65. The first-order valence-electron chi connectivity index (χ1n) is 6.32. The number of fused-ring (bicyclic) bond motifs is 1. The van der Waals surface area contributed by atoms with Crippen molar-refractivity contribution in [3.05, 3.63) is 35.3 Å². The van der Waals surface area contributed by atoms with Crippen molar-refractivity contribution in [1.29, 1.82) is 0 Å². The number of carbonyl (C=O) groups is 1. The summed E-state index contributed by atoms with van der Waals surface area (Å²) in [5.74, 6) is 2.21. The molecule has 1 amide bonds. The summed E-state index contributed by atoms with van der Waals surface area (Å²) in [5, 5.41) is 0.350. The largest absolute Gasteiger partial charge is 0.325 e. The number of nitrogens with zero attached hydrogens (tertiary/aromatic N) is 1. The van der Waals surface area contributed by atoms with Crippen LogP contribution in [0.5, 0.6) is 0 Å². The van der Waals surface area contributed by atoms with E-state index in [1.807, 2.05) is 49.6 Å². The van der Waals surface area contributed by atoms with E-state index in [9.17, 15) is 4.79 Å². The lowest BCUT2D eigenvalue weighted by atomic mass is 10.2. The summed E-state index contributed by atoms with van der Waals surface area (Å²) in [4.78, 5) is 15.4. The van der Waals surface area contributed by atoms with E-state index < -0.39 is 0 Å². The van der Waals surface area contributed by atoms with Gasteiger partial charge in [0.05, 0.1) is 10.9 Å². The topological polar surface area (TPSA) is 20.3 Å². The Labute approximate surface area is 119 Å². The van der Waals surface area contributed by atoms with E-state index >= 15 is 0 Å². The average Bonchev–Trinajstić information content (AvgIpc) is 2.84. The summed E-state index contributed by atoms with van der Waals surface area (Å²) in [6.07, 6.45) is 5.54. The minimum atomic E-state index is 0.160. The van der Waals surface area contributed by atoms with Gasteiger partial charge in [-0.3, -0.25) is 4.79 Å². The zero-order valence-corrected chi connectivity index (χ0v) is 12.9. The first-order chi connectivity index (χ1) is 8.77. The van der Waals surface area contributed by atoms with Gasteiger partial charge in [-0.15, -0.1) is 23.5 Å². The highest BCUT2D eigenvalue weighted by molar-refractivity contribution is 8.05. The number of amides is 1. The Morgan fingerprint density at radius 3 is 2.78 bits per heavy atom. The summed E-state index contributed by atoms with van der Waals surface area (Å²) in [6, 6.07) is 0. The van der Waals surface area contributed by atoms with Crippen molar-refractivity contribution in [3.8, 4) is 0 Å². The van der Waals surface area contributed by atoms with Crippen molar-refractivity contribution in [2.24, 2.45) is 0 Å². The standard InChI is InChI=1S/C12H15NOS2.C2H6/c1-3-5-9-10(4-2)16-8-11-13(12(9)14)6-7-15-11;1-2/h3-5,11H,1,6-8H2,2H3;1-2H3/b9-5+,10-4+;. The van der Waals surface area contributed by atoms with Crippen LogP contribution >= 0.6 is 23.5 Å². The molecular formula is C14H21NOS2. The molecule has 100 valence electrons. The second-order valence-corrected chi connectivity index (χ2v) is 5.95. The summed E-state index contributed by atoms with van der Waals surface area (Å²) in [5.41, 5.74) is 0.799. The Hall–Kier alpha value is -0.610. The van der Waals surface area contributed by atoms with Crippen LogP contribution in [0.4, 0.5) is 0 Å². The normalized spacial score (nSPS) is 27.6. The van der Waals surface area contributed by atoms with Crippen LogP contribution in [0, 0.1) is 0 Å². The number of allylic oxidation sites excluding steroid dienone is 3. The Morgan fingerprint density at radius 2 is 2.17 bits per heavy atom. The van der Waals surface area contributed by atoms with Crippen LogP contribution in [-0.4, -0.2) is 34.2 Å². The third kappa shape index (κ3) is 3.23. The first-order valence-corrected chi connectivity index (χ1v) is 8.36. The quantitative estimate of drug-likeness (QED) is 0.685. The van der Waals surface area contributed by atoms with Crippen LogP contribution in [0.15, 0.2) is 35.3 Å². The molecule has 2 aliphatic heterocycles. The van der Waals surface area contributed by atoms with E-state index in [4.69, 9.17) is 0 Å². The van der Waals surface area contributed by atoms with Gasteiger partial charge in [0, 0.05) is 23.0 Å². The second kappa shape index (κ2) is 7.74. The van der Waals surface area contributed by atoms with Crippen LogP contribution < -0.4 is 0 Å². The molecule has 0 saturated carbocycles. The maximum Gasteiger partial charge on any atom is 0.255 e. The molecule has 2 saturated heterocycles. The van der Waals surface area contributed by atoms with Crippen molar-refractivity contribution in [2.75, 3.05) is 18.1 Å². The van der Waals surface area contributed by atoms with E-state index in [-0.39, 0.29) is 5.91 Å². The molecule has 0 aromatic carbocycles. The second-order valence-electron chi connectivity index (χ2n) is 3.60. The van der Waals surface area contributed by atoms with Gasteiger partial charge in [-0.1, -0.05) is 32.6 Å². The highest BCUT2D eigenvalue weighted by Gasteiger charge is 2.35. The molecule has 0 aliphatic carbocycles. The zero-order chi connectivity index (χ0) is 13.5. The van der Waals surface area contributed by atoms with Gasteiger partial charge in [-0.25, -0.2) is 0 Å². The van der Waals surface area contributed by atoms with Crippen LogP contribution in [0.2, 0.25) is 0 Å². The van der Waals surface area contributed by atoms with Gasteiger partial charge in [0.2, 0.25) is 0 Å². The molecule has 0 aromatic heterocycles. The lowest BCUT2D eigenvalue weighted by Crippen LogP contribution is -2.35. The predicted molar refractivity (Wildman–Crippen MR) is 83.8 cm³/mol. The molecule has 4 heteroatoms. The Morgan fingerprint density at radius 1 is 1.44 bits per heavy atom. The van der Waals surface area contributed by atoms with Crippen molar-refractivity contribution < 1.29 is 4.79 Å². The smallest absolute Gasteiger partial charge is 0.255 e. The fourth-order valence-corrected chi connectivity index (χ4v) is 4.42. The van der Waals surface area contributed by atoms with Crippen LogP contribution in [-0.2, 0) is 4.79 Å². The minimum Gasteiger partial charge on any atom is -0.325 e. The highest BCUT2D eigenvalue weighted by Crippen LogP contribution is 2.37. The van der Waals surface area contributed by atoms with E-state index in [2.05, 4.69) is 6.58 Å². The molecule has 1 unspecified atom stereocenters. The lowest BCUT2D eigenvalue weighted by molar-refractivity contribution is -0.126. The molecule has 2 fully saturated rings. The van der Waals surface area contributed by atoms with Crippen molar-refractivity contribution in [2.45, 2.75) is 26.1 Å². The fraction of sp³-hybridized carbons (Fsp3) is 0.500. The van der Waals surface area contributed by atoms with Crippen molar-refractivity contribution in [1.82, 2.24) is 4.90 Å². The molecule has 0 aromatic rings. The predicted octanol–water partition coefficient (Wildman–Crippen LogP) is 3.68. The fourth-order valence-electron chi connectivity index (χ4n) is 1.90. The van der Waals surface area contributed by atoms with Crippen molar-refractivity contribution in [3.63, 3.8) is 0 Å². The SMILES string of the molecule is C=C/C=C1/C(=O)N2CCSC2CS/C1=C/C.CC. The molecule has 2 heterocycles. The highest BCUT2D eigenvalue weighted by atomic mass is 32.2. The molecule has 1 atom stereocenters. The molecule has 18 heavy (non-hydrogen) atoms. The number of hydrogen-bond acceptors (Lipinski definition) is 3. The monoisotopic (exact) mass is 283 g/mol. The maximum absolute atomic E-state index is 12.3. The van der Waals surface area contributed by atoms with E-state index in [0.717, 1.165) is 28.5 Å². The first kappa shape index (κ1) is 15.4.